The number of hydrogen-bond donors (Lipinski definition) is 0. The van der Waals surface area contributed by atoms with Crippen molar-refractivity contribution in [2.24, 2.45) is 0 Å². The lowest BCUT2D eigenvalue weighted by Gasteiger charge is -2.53. The van der Waals surface area contributed by atoms with E-state index in [1.54, 1.807) is 6.26 Å². The van der Waals surface area contributed by atoms with Crippen molar-refractivity contribution in [2.45, 2.75) is 116 Å². The highest BCUT2D eigenvalue weighted by atomic mass is 28.4. The summed E-state index contributed by atoms with van der Waals surface area (Å²) in [6, 6.07) is 6.52. The molecule has 8 heteroatoms. The van der Waals surface area contributed by atoms with Gasteiger partial charge in [0, 0.05) is 30.7 Å². The van der Waals surface area contributed by atoms with Crippen LogP contribution in [0.5, 0.6) is 0 Å². The van der Waals surface area contributed by atoms with Crippen molar-refractivity contribution in [3.63, 3.8) is 0 Å². The fourth-order valence-electron chi connectivity index (χ4n) is 4.58. The van der Waals surface area contributed by atoms with Gasteiger partial charge in [-0.3, -0.25) is 0 Å². The number of nitrogens with zero attached hydrogens (tertiary/aromatic N) is 2. The minimum Gasteiger partial charge on any atom is -0.462 e. The molecule has 2 heterocycles. The zero-order valence-electron chi connectivity index (χ0n) is 26.2. The van der Waals surface area contributed by atoms with Crippen LogP contribution in [0.2, 0.25) is 36.3 Å². The number of carbonyl (C=O) groups excluding carboxylic acids is 1. The fraction of sp³-hybridized carbons (Fsp3) is 0.700. The average molecular weight is 561 g/mol. The summed E-state index contributed by atoms with van der Waals surface area (Å²) in [7, 11) is -3.84. The van der Waals surface area contributed by atoms with Gasteiger partial charge >= 0.3 is 6.09 Å². The molecule has 1 fully saturated rings. The summed E-state index contributed by atoms with van der Waals surface area (Å²) >= 11 is 0. The molecule has 1 aliphatic heterocycles. The first-order valence-corrected chi connectivity index (χ1v) is 20.0. The van der Waals surface area contributed by atoms with E-state index < -0.39 is 22.0 Å². The van der Waals surface area contributed by atoms with Gasteiger partial charge in [0.25, 0.3) is 0 Å². The molecule has 0 saturated carbocycles. The van der Waals surface area contributed by atoms with E-state index in [-0.39, 0.29) is 21.8 Å². The van der Waals surface area contributed by atoms with Gasteiger partial charge in [-0.05, 0) is 67.7 Å². The number of anilines is 1. The normalized spacial score (nSPS) is 18.3. The first-order valence-electron chi connectivity index (χ1n) is 14.0. The lowest BCUT2D eigenvalue weighted by Crippen LogP contribution is -2.67. The molecule has 1 atom stereocenters. The van der Waals surface area contributed by atoms with Gasteiger partial charge in [0.15, 0.2) is 13.9 Å². The Morgan fingerprint density at radius 1 is 0.974 bits per heavy atom. The number of fused-ring (bicyclic) bond motifs is 1. The Labute approximate surface area is 233 Å². The van der Waals surface area contributed by atoms with Gasteiger partial charge in [0.05, 0.1) is 26.6 Å². The molecule has 0 aliphatic carbocycles. The Morgan fingerprint density at radius 2 is 1.61 bits per heavy atom. The molecule has 214 valence electrons. The van der Waals surface area contributed by atoms with Crippen LogP contribution in [0, 0.1) is 0 Å². The maximum atomic E-state index is 13.1. The predicted molar refractivity (Wildman–Crippen MR) is 164 cm³/mol. The summed E-state index contributed by atoms with van der Waals surface area (Å²) < 4.78 is 18.5. The highest BCUT2D eigenvalue weighted by Crippen LogP contribution is 2.44. The third kappa shape index (κ3) is 6.50. The second kappa shape index (κ2) is 10.3. The number of piperazine rings is 1. The minimum absolute atomic E-state index is 0.137. The van der Waals surface area contributed by atoms with E-state index in [1.165, 1.54) is 5.56 Å². The number of ether oxygens (including phenoxy) is 1. The van der Waals surface area contributed by atoms with Crippen LogP contribution in [0.15, 0.2) is 28.9 Å². The fourth-order valence-corrected chi connectivity index (χ4v) is 8.27. The summed E-state index contributed by atoms with van der Waals surface area (Å²) in [6.07, 6.45) is 1.56. The van der Waals surface area contributed by atoms with Gasteiger partial charge in [-0.1, -0.05) is 54.6 Å². The third-order valence-electron chi connectivity index (χ3n) is 9.10. The zero-order valence-corrected chi connectivity index (χ0v) is 28.2. The average Bonchev–Trinajstić information content (AvgIpc) is 3.22. The third-order valence-corrected chi connectivity index (χ3v) is 19.6. The number of amides is 1. The molecule has 1 saturated heterocycles. The Bertz CT molecular complexity index is 1140. The standard InChI is InChI=1S/C30H52N2O4Si2/c1-28(2,3)36-27(33)31-15-16-32(25(20-31)37(10,11)29(4,5)6)24-19-22(18-23-14-17-34-26(23)24)21-35-38(12,13)30(7,8)9/h14,17-19,25H,15-16,20-21H2,1-13H3. The van der Waals surface area contributed by atoms with Gasteiger partial charge in [0.1, 0.15) is 5.60 Å². The molecule has 0 bridgehead atoms. The first-order chi connectivity index (χ1) is 17.1. The number of furan rings is 1. The second-order valence-corrected chi connectivity index (χ2v) is 25.5. The van der Waals surface area contributed by atoms with Crippen molar-refractivity contribution in [1.82, 2.24) is 4.90 Å². The Kier molecular flexibility index (Phi) is 8.35. The summed E-state index contributed by atoms with van der Waals surface area (Å²) in [5.41, 5.74) is 2.88. The number of hydrogen-bond acceptors (Lipinski definition) is 5. The van der Waals surface area contributed by atoms with E-state index in [1.807, 2.05) is 31.7 Å². The van der Waals surface area contributed by atoms with Crippen molar-refractivity contribution in [1.29, 1.82) is 0 Å². The maximum absolute atomic E-state index is 13.1. The van der Waals surface area contributed by atoms with Gasteiger partial charge in [-0.2, -0.15) is 0 Å². The molecule has 38 heavy (non-hydrogen) atoms. The van der Waals surface area contributed by atoms with Crippen molar-refractivity contribution in [3.05, 3.63) is 30.0 Å². The predicted octanol–water partition coefficient (Wildman–Crippen LogP) is 8.43. The molecule has 1 aromatic heterocycles. The van der Waals surface area contributed by atoms with E-state index in [0.29, 0.717) is 19.7 Å². The van der Waals surface area contributed by atoms with Crippen molar-refractivity contribution < 1.29 is 18.4 Å². The van der Waals surface area contributed by atoms with Crippen LogP contribution in [-0.2, 0) is 15.8 Å². The topological polar surface area (TPSA) is 55.2 Å². The van der Waals surface area contributed by atoms with Crippen LogP contribution in [0.25, 0.3) is 11.0 Å². The summed E-state index contributed by atoms with van der Waals surface area (Å²) in [5, 5.41) is 1.39. The quantitative estimate of drug-likeness (QED) is 0.344. The van der Waals surface area contributed by atoms with Crippen LogP contribution < -0.4 is 4.90 Å². The lowest BCUT2D eigenvalue weighted by molar-refractivity contribution is 0.0229. The van der Waals surface area contributed by atoms with E-state index in [2.05, 4.69) is 84.8 Å². The molecule has 1 unspecified atom stereocenters. The van der Waals surface area contributed by atoms with Crippen molar-refractivity contribution in [3.8, 4) is 0 Å². The molecule has 0 radical (unpaired) electrons. The molecule has 1 aromatic carbocycles. The van der Waals surface area contributed by atoms with Crippen LogP contribution in [0.3, 0.4) is 0 Å². The number of benzene rings is 1. The second-order valence-electron chi connectivity index (χ2n) is 15.1. The van der Waals surface area contributed by atoms with Crippen molar-refractivity contribution in [2.75, 3.05) is 24.5 Å². The molecule has 0 spiro atoms. The van der Waals surface area contributed by atoms with Gasteiger partial charge in [0.2, 0.25) is 0 Å². The van der Waals surface area contributed by atoms with E-state index >= 15 is 0 Å². The highest BCUT2D eigenvalue weighted by Gasteiger charge is 2.48. The van der Waals surface area contributed by atoms with Crippen LogP contribution >= 0.6 is 0 Å². The molecule has 2 aromatic rings. The van der Waals surface area contributed by atoms with E-state index in [9.17, 15) is 4.79 Å². The van der Waals surface area contributed by atoms with Crippen molar-refractivity contribution >= 4 is 39.1 Å². The van der Waals surface area contributed by atoms with Gasteiger partial charge < -0.3 is 23.4 Å². The summed E-state index contributed by atoms with van der Waals surface area (Å²) in [6.45, 7) is 31.7. The molecule has 1 aliphatic rings. The monoisotopic (exact) mass is 560 g/mol. The number of rotatable bonds is 5. The molecule has 1 amide bonds. The van der Waals surface area contributed by atoms with E-state index in [4.69, 9.17) is 13.6 Å². The van der Waals surface area contributed by atoms with Crippen LogP contribution in [-0.4, -0.2) is 58.3 Å². The Hall–Kier alpha value is -1.78. The number of carbonyl (C=O) groups is 1. The summed E-state index contributed by atoms with van der Waals surface area (Å²) in [4.78, 5) is 17.6. The SMILES string of the molecule is CC(C)(C)OC(=O)N1CCN(c2cc(CO[Si](C)(C)C(C)(C)C)cc3ccoc23)C([Si](C)(C)C(C)(C)C)C1. The minimum atomic E-state index is -1.94. The van der Waals surface area contributed by atoms with Crippen LogP contribution in [0.1, 0.15) is 67.9 Å². The van der Waals surface area contributed by atoms with Gasteiger partial charge in [-0.25, -0.2) is 4.79 Å². The largest absolute Gasteiger partial charge is 0.462 e. The zero-order chi connectivity index (χ0) is 28.9. The van der Waals surface area contributed by atoms with Gasteiger partial charge in [-0.15, -0.1) is 0 Å². The molecule has 0 N–H and O–H groups in total. The smallest absolute Gasteiger partial charge is 0.410 e. The molecule has 6 nitrogen and oxygen atoms in total. The van der Waals surface area contributed by atoms with Crippen LogP contribution in [0.4, 0.5) is 10.5 Å². The molecule has 3 rings (SSSR count). The lowest BCUT2D eigenvalue weighted by atomic mass is 10.1. The first kappa shape index (κ1) is 30.8. The highest BCUT2D eigenvalue weighted by molar-refractivity contribution is 6.82. The maximum Gasteiger partial charge on any atom is 0.410 e. The van der Waals surface area contributed by atoms with E-state index in [0.717, 1.165) is 23.2 Å². The summed E-state index contributed by atoms with van der Waals surface area (Å²) in [5.74, 6) is 0. The Balaban J connectivity index is 2.03. The molecular formula is C30H52N2O4Si2. The Morgan fingerprint density at radius 3 is 2.16 bits per heavy atom. The molecular weight excluding hydrogens is 509 g/mol.